The van der Waals surface area contributed by atoms with Crippen molar-refractivity contribution in [3.63, 3.8) is 0 Å². The maximum absolute atomic E-state index is 5.90. The van der Waals surface area contributed by atoms with Crippen molar-refractivity contribution in [3.8, 4) is 0 Å². The van der Waals surface area contributed by atoms with Crippen LogP contribution >= 0.6 is 11.6 Å². The minimum atomic E-state index is -0.346. The molecular weight excluding hydrogens is 252 g/mol. The zero-order valence-corrected chi connectivity index (χ0v) is 10.8. The number of benzene rings is 1. The summed E-state index contributed by atoms with van der Waals surface area (Å²) in [7, 11) is 0. The van der Waals surface area contributed by atoms with Crippen LogP contribution in [0, 0.1) is 0 Å². The molecule has 8 N–H and O–H groups in total. The van der Waals surface area contributed by atoms with Gasteiger partial charge in [0.1, 0.15) is 0 Å². The van der Waals surface area contributed by atoms with Crippen LogP contribution in [-0.2, 0) is 6.42 Å². The molecule has 1 aromatic carbocycles. The highest BCUT2D eigenvalue weighted by molar-refractivity contribution is 6.18. The lowest BCUT2D eigenvalue weighted by Gasteiger charge is -2.13. The van der Waals surface area contributed by atoms with E-state index in [4.69, 9.17) is 29.0 Å². The number of nitrogens with one attached hydrogen (secondary N) is 2. The van der Waals surface area contributed by atoms with Gasteiger partial charge in [0.25, 0.3) is 0 Å². The number of halogens is 1. The third-order valence-electron chi connectivity index (χ3n) is 2.47. The number of alkyl halides is 1. The summed E-state index contributed by atoms with van der Waals surface area (Å²) in [6.45, 7) is 0.738. The topological polar surface area (TPSA) is 114 Å². The lowest BCUT2D eigenvalue weighted by Crippen LogP contribution is -2.46. The fraction of sp³-hybridized carbons (Fsp3) is 0.364. The number of hydrazone groups is 1. The molecule has 0 aromatic heterocycles. The second-order valence-corrected chi connectivity index (χ2v) is 4.16. The fourth-order valence-corrected chi connectivity index (χ4v) is 1.64. The van der Waals surface area contributed by atoms with Crippen molar-refractivity contribution in [3.05, 3.63) is 29.8 Å². The predicted octanol–water partition coefficient (Wildman–Crippen LogP) is -0.0574. The number of hydrogen-bond acceptors (Lipinski definition) is 5. The zero-order valence-electron chi connectivity index (χ0n) is 10.1. The Kier molecular flexibility index (Phi) is 6.27. The van der Waals surface area contributed by atoms with E-state index in [0.29, 0.717) is 18.1 Å². The van der Waals surface area contributed by atoms with Crippen LogP contribution in [0.4, 0.5) is 5.69 Å². The van der Waals surface area contributed by atoms with Crippen LogP contribution in [0.1, 0.15) is 5.56 Å². The van der Waals surface area contributed by atoms with Crippen molar-refractivity contribution in [2.24, 2.45) is 22.5 Å². The number of nitrogens with zero attached hydrogens (tertiary/aromatic N) is 1. The maximum atomic E-state index is 5.90. The summed E-state index contributed by atoms with van der Waals surface area (Å²) in [5.74, 6) is 11.4. The van der Waals surface area contributed by atoms with Gasteiger partial charge in [0.2, 0.25) is 0 Å². The molecule has 0 heterocycles. The smallest absolute Gasteiger partial charge is 0.153 e. The Morgan fingerprint density at radius 1 is 1.33 bits per heavy atom. The first-order valence-corrected chi connectivity index (χ1v) is 6.13. The van der Waals surface area contributed by atoms with Crippen LogP contribution in [0.15, 0.2) is 29.4 Å². The molecular formula is C11H19ClN6. The Labute approximate surface area is 112 Å². The van der Waals surface area contributed by atoms with E-state index in [0.717, 1.165) is 17.8 Å². The summed E-state index contributed by atoms with van der Waals surface area (Å²) in [5.41, 5.74) is 10.4. The van der Waals surface area contributed by atoms with E-state index in [2.05, 4.69) is 15.8 Å². The minimum absolute atomic E-state index is 0.346. The molecule has 0 saturated carbocycles. The van der Waals surface area contributed by atoms with Crippen LogP contribution in [0.5, 0.6) is 0 Å². The van der Waals surface area contributed by atoms with E-state index < -0.39 is 0 Å². The molecule has 0 saturated heterocycles. The first kappa shape index (κ1) is 14.6. The highest BCUT2D eigenvalue weighted by Crippen LogP contribution is 2.10. The van der Waals surface area contributed by atoms with E-state index in [1.54, 1.807) is 0 Å². The molecule has 0 spiro atoms. The Hall–Kier alpha value is -1.50. The van der Waals surface area contributed by atoms with E-state index >= 15 is 0 Å². The van der Waals surface area contributed by atoms with E-state index in [1.807, 2.05) is 24.3 Å². The van der Waals surface area contributed by atoms with Gasteiger partial charge in [-0.2, -0.15) is 5.10 Å². The molecule has 100 valence electrons. The van der Waals surface area contributed by atoms with Crippen LogP contribution < -0.4 is 28.2 Å². The predicted molar refractivity (Wildman–Crippen MR) is 76.3 cm³/mol. The summed E-state index contributed by atoms with van der Waals surface area (Å²) in [6.07, 6.45) is 0.607. The van der Waals surface area contributed by atoms with Crippen LogP contribution in [0.2, 0.25) is 0 Å². The lowest BCUT2D eigenvalue weighted by atomic mass is 10.1. The minimum Gasteiger partial charge on any atom is -0.384 e. The molecule has 0 fully saturated rings. The molecule has 18 heavy (non-hydrogen) atoms. The van der Waals surface area contributed by atoms with Gasteiger partial charge in [0.05, 0.1) is 6.04 Å². The number of hydrogen-bond donors (Lipinski definition) is 5. The molecule has 6 nitrogen and oxygen atoms in total. The van der Waals surface area contributed by atoms with Crippen LogP contribution in [-0.4, -0.2) is 24.3 Å². The molecule has 0 radical (unpaired) electrons. The summed E-state index contributed by atoms with van der Waals surface area (Å²) >= 11 is 5.60. The van der Waals surface area contributed by atoms with Gasteiger partial charge in [-0.1, -0.05) is 12.1 Å². The van der Waals surface area contributed by atoms with E-state index in [1.165, 1.54) is 0 Å². The Morgan fingerprint density at radius 2 is 2.00 bits per heavy atom. The van der Waals surface area contributed by atoms with Crippen molar-refractivity contribution in [2.45, 2.75) is 12.5 Å². The van der Waals surface area contributed by atoms with Gasteiger partial charge in [0, 0.05) is 18.1 Å². The first-order chi connectivity index (χ1) is 8.71. The SMILES string of the molecule is N/N=C(\NN)C(N)Cc1ccc(NCCCl)cc1. The summed E-state index contributed by atoms with van der Waals surface area (Å²) in [6, 6.07) is 7.58. The molecule has 0 amide bonds. The van der Waals surface area contributed by atoms with Gasteiger partial charge in [-0.25, -0.2) is 5.84 Å². The van der Waals surface area contributed by atoms with E-state index in [-0.39, 0.29) is 6.04 Å². The van der Waals surface area contributed by atoms with Gasteiger partial charge in [0.15, 0.2) is 5.84 Å². The molecule has 7 heteroatoms. The molecule has 1 unspecified atom stereocenters. The quantitative estimate of drug-likeness (QED) is 0.163. The number of hydrazine groups is 1. The summed E-state index contributed by atoms with van der Waals surface area (Å²) < 4.78 is 0. The number of nitrogens with two attached hydrogens (primary N) is 3. The normalized spacial score (nSPS) is 13.2. The van der Waals surface area contributed by atoms with Crippen molar-refractivity contribution < 1.29 is 0 Å². The van der Waals surface area contributed by atoms with Gasteiger partial charge >= 0.3 is 0 Å². The summed E-state index contributed by atoms with van der Waals surface area (Å²) in [5, 5.41) is 6.67. The molecule has 0 aliphatic heterocycles. The fourth-order valence-electron chi connectivity index (χ4n) is 1.54. The maximum Gasteiger partial charge on any atom is 0.153 e. The average Bonchev–Trinajstić information content (AvgIpc) is 2.39. The van der Waals surface area contributed by atoms with Crippen LogP contribution in [0.25, 0.3) is 0 Å². The number of amidine groups is 1. The Balaban J connectivity index is 2.58. The monoisotopic (exact) mass is 270 g/mol. The number of anilines is 1. The van der Waals surface area contributed by atoms with Gasteiger partial charge in [-0.3, -0.25) is 0 Å². The van der Waals surface area contributed by atoms with Crippen LogP contribution in [0.3, 0.4) is 0 Å². The highest BCUT2D eigenvalue weighted by atomic mass is 35.5. The van der Waals surface area contributed by atoms with Gasteiger partial charge in [-0.05, 0) is 24.1 Å². The van der Waals surface area contributed by atoms with Crippen molar-refractivity contribution in [1.29, 1.82) is 0 Å². The molecule has 0 aliphatic carbocycles. The molecule has 1 rings (SSSR count). The summed E-state index contributed by atoms with van der Waals surface area (Å²) in [4.78, 5) is 0. The third-order valence-corrected chi connectivity index (χ3v) is 2.66. The first-order valence-electron chi connectivity index (χ1n) is 5.60. The largest absolute Gasteiger partial charge is 0.384 e. The standard InChI is InChI=1S/C11H19ClN6/c12-5-6-16-9-3-1-8(2-4-9)7-10(13)11(17-14)18-15/h1-4,10,16H,5-7,13-15H2,(H,17,18). The van der Waals surface area contributed by atoms with Crippen molar-refractivity contribution >= 4 is 23.1 Å². The lowest BCUT2D eigenvalue weighted by molar-refractivity contribution is 0.793. The van der Waals surface area contributed by atoms with E-state index in [9.17, 15) is 0 Å². The highest BCUT2D eigenvalue weighted by Gasteiger charge is 2.10. The Bertz CT molecular complexity index is 378. The second kappa shape index (κ2) is 7.75. The third kappa shape index (κ3) is 4.40. The molecule has 0 bridgehead atoms. The average molecular weight is 271 g/mol. The van der Waals surface area contributed by atoms with Gasteiger partial charge in [-0.15, -0.1) is 11.6 Å². The Morgan fingerprint density at radius 3 is 2.50 bits per heavy atom. The zero-order chi connectivity index (χ0) is 13.4. The van der Waals surface area contributed by atoms with Crippen molar-refractivity contribution in [2.75, 3.05) is 17.7 Å². The van der Waals surface area contributed by atoms with Crippen molar-refractivity contribution in [1.82, 2.24) is 5.43 Å². The molecule has 1 aromatic rings. The van der Waals surface area contributed by atoms with Gasteiger partial charge < -0.3 is 22.3 Å². The molecule has 0 aliphatic rings. The second-order valence-electron chi connectivity index (χ2n) is 3.78. The molecule has 1 atom stereocenters. The number of rotatable bonds is 6.